The fourth-order valence-corrected chi connectivity index (χ4v) is 1.52. The molecule has 0 saturated carbocycles. The van der Waals surface area contributed by atoms with E-state index in [2.05, 4.69) is 15.3 Å². The summed E-state index contributed by atoms with van der Waals surface area (Å²) >= 11 is 0. The highest BCUT2D eigenvalue weighted by Gasteiger charge is 2.15. The number of hydrogen-bond donors (Lipinski definition) is 2. The number of nitrogens with two attached hydrogens (primary N) is 1. The van der Waals surface area contributed by atoms with Crippen LogP contribution in [0.3, 0.4) is 0 Å². The highest BCUT2D eigenvalue weighted by Crippen LogP contribution is 2.23. The lowest BCUT2D eigenvalue weighted by Crippen LogP contribution is -2.31. The number of methoxy groups -OCH3 is 1. The van der Waals surface area contributed by atoms with Crippen LogP contribution in [0.5, 0.6) is 5.75 Å². The molecule has 1 aromatic heterocycles. The highest BCUT2D eigenvalue weighted by atomic mass is 16.5. The van der Waals surface area contributed by atoms with Gasteiger partial charge in [0, 0.05) is 6.20 Å². The molecule has 3 N–H and O–H groups in total. The number of nitrogens with one attached hydrogen (secondary N) is 1. The third-order valence-corrected chi connectivity index (χ3v) is 2.42. The summed E-state index contributed by atoms with van der Waals surface area (Å²) in [6.07, 6.45) is 2.63. The van der Waals surface area contributed by atoms with Crippen molar-refractivity contribution >= 4 is 0 Å². The molecule has 0 spiro atoms. The molecular formula is C11H20N4O. The van der Waals surface area contributed by atoms with Gasteiger partial charge in [-0.3, -0.25) is 16.3 Å². The lowest BCUT2D eigenvalue weighted by Gasteiger charge is -2.19. The highest BCUT2D eigenvalue weighted by molar-refractivity contribution is 5.29. The summed E-state index contributed by atoms with van der Waals surface area (Å²) < 4.78 is 5.26. The maximum atomic E-state index is 5.55. The molecule has 1 rings (SSSR count). The minimum absolute atomic E-state index is 0.0125. The molecule has 90 valence electrons. The Kier molecular flexibility index (Phi) is 5.18. The van der Waals surface area contributed by atoms with Crippen molar-refractivity contribution in [2.45, 2.75) is 12.5 Å². The van der Waals surface area contributed by atoms with Crippen LogP contribution in [0.4, 0.5) is 0 Å². The van der Waals surface area contributed by atoms with Crippen LogP contribution in [-0.2, 0) is 0 Å². The van der Waals surface area contributed by atoms with Crippen LogP contribution in [0.25, 0.3) is 0 Å². The second kappa shape index (κ2) is 6.42. The Labute approximate surface area is 96.6 Å². The molecule has 0 radical (unpaired) electrons. The first-order valence-corrected chi connectivity index (χ1v) is 5.28. The number of rotatable bonds is 6. The predicted molar refractivity (Wildman–Crippen MR) is 64.0 cm³/mol. The average Bonchev–Trinajstić information content (AvgIpc) is 2.30. The normalized spacial score (nSPS) is 12.8. The van der Waals surface area contributed by atoms with Crippen LogP contribution in [0, 0.1) is 0 Å². The lowest BCUT2D eigenvalue weighted by molar-refractivity contribution is 0.347. The second-order valence-electron chi connectivity index (χ2n) is 3.90. The first-order chi connectivity index (χ1) is 7.69. The third kappa shape index (κ3) is 3.44. The first-order valence-electron chi connectivity index (χ1n) is 5.28. The van der Waals surface area contributed by atoms with Gasteiger partial charge in [-0.15, -0.1) is 0 Å². The molecule has 0 aromatic carbocycles. The number of pyridine rings is 1. The second-order valence-corrected chi connectivity index (χ2v) is 3.90. The molecule has 0 aliphatic carbocycles. The maximum absolute atomic E-state index is 5.55. The minimum Gasteiger partial charge on any atom is -0.495 e. The van der Waals surface area contributed by atoms with E-state index in [0.717, 1.165) is 24.4 Å². The predicted octanol–water partition coefficient (Wildman–Crippen LogP) is 0.546. The standard InChI is InChI=1S/C11H20N4O/c1-15(2)8-6-9(14-12)11-10(16-3)5-4-7-13-11/h4-5,7,9,14H,6,8,12H2,1-3H3. The summed E-state index contributed by atoms with van der Waals surface area (Å²) in [7, 11) is 5.70. The van der Waals surface area contributed by atoms with Crippen molar-refractivity contribution in [3.8, 4) is 5.75 Å². The van der Waals surface area contributed by atoms with E-state index in [1.807, 2.05) is 26.2 Å². The van der Waals surface area contributed by atoms with Gasteiger partial charge in [0.25, 0.3) is 0 Å². The Morgan fingerprint density at radius 3 is 2.88 bits per heavy atom. The van der Waals surface area contributed by atoms with E-state index in [-0.39, 0.29) is 6.04 Å². The molecule has 1 aromatic rings. The van der Waals surface area contributed by atoms with Crippen LogP contribution >= 0.6 is 0 Å². The zero-order valence-electron chi connectivity index (χ0n) is 10.1. The topological polar surface area (TPSA) is 63.4 Å². The number of ether oxygens (including phenoxy) is 1. The first kappa shape index (κ1) is 12.9. The zero-order valence-corrected chi connectivity index (χ0v) is 10.1. The monoisotopic (exact) mass is 224 g/mol. The van der Waals surface area contributed by atoms with E-state index in [1.54, 1.807) is 13.3 Å². The lowest BCUT2D eigenvalue weighted by atomic mass is 10.1. The quantitative estimate of drug-likeness (QED) is 0.545. The van der Waals surface area contributed by atoms with Gasteiger partial charge in [-0.25, -0.2) is 0 Å². The van der Waals surface area contributed by atoms with Gasteiger partial charge in [0.05, 0.1) is 13.2 Å². The summed E-state index contributed by atoms with van der Waals surface area (Å²) in [6.45, 7) is 0.939. The van der Waals surface area contributed by atoms with Crippen LogP contribution in [0.1, 0.15) is 18.2 Å². The number of hydrogen-bond acceptors (Lipinski definition) is 5. The average molecular weight is 224 g/mol. The molecule has 0 amide bonds. The zero-order chi connectivity index (χ0) is 12.0. The summed E-state index contributed by atoms with van der Waals surface area (Å²) in [6, 6.07) is 3.75. The Balaban J connectivity index is 2.77. The summed E-state index contributed by atoms with van der Waals surface area (Å²) in [5.41, 5.74) is 3.64. The number of aromatic nitrogens is 1. The Morgan fingerprint density at radius 2 is 2.31 bits per heavy atom. The van der Waals surface area contributed by atoms with Crippen molar-refractivity contribution in [1.29, 1.82) is 0 Å². The maximum Gasteiger partial charge on any atom is 0.142 e. The van der Waals surface area contributed by atoms with E-state index >= 15 is 0 Å². The Morgan fingerprint density at radius 1 is 1.56 bits per heavy atom. The van der Waals surface area contributed by atoms with E-state index in [4.69, 9.17) is 10.6 Å². The smallest absolute Gasteiger partial charge is 0.142 e. The van der Waals surface area contributed by atoms with Crippen LogP contribution < -0.4 is 16.0 Å². The Hall–Kier alpha value is -1.17. The molecule has 0 aliphatic rings. The number of nitrogens with zero attached hydrogens (tertiary/aromatic N) is 2. The van der Waals surface area contributed by atoms with Crippen LogP contribution in [-0.4, -0.2) is 37.6 Å². The molecule has 0 aliphatic heterocycles. The molecule has 0 bridgehead atoms. The van der Waals surface area contributed by atoms with Crippen molar-refractivity contribution in [2.24, 2.45) is 5.84 Å². The molecule has 1 heterocycles. The van der Waals surface area contributed by atoms with Crippen molar-refractivity contribution in [2.75, 3.05) is 27.7 Å². The summed E-state index contributed by atoms with van der Waals surface area (Å²) in [5, 5.41) is 0. The number of hydrazine groups is 1. The fraction of sp³-hybridized carbons (Fsp3) is 0.545. The molecule has 1 unspecified atom stereocenters. The van der Waals surface area contributed by atoms with Crippen LogP contribution in [0.15, 0.2) is 18.3 Å². The van der Waals surface area contributed by atoms with Gasteiger partial charge in [0.15, 0.2) is 0 Å². The van der Waals surface area contributed by atoms with Gasteiger partial charge < -0.3 is 9.64 Å². The molecule has 0 fully saturated rings. The SMILES string of the molecule is COc1cccnc1C(CCN(C)C)NN. The summed E-state index contributed by atoms with van der Waals surface area (Å²) in [4.78, 5) is 6.42. The van der Waals surface area contributed by atoms with Crippen molar-refractivity contribution < 1.29 is 4.74 Å². The molecule has 5 heteroatoms. The van der Waals surface area contributed by atoms with Gasteiger partial charge >= 0.3 is 0 Å². The minimum atomic E-state index is 0.0125. The van der Waals surface area contributed by atoms with Crippen molar-refractivity contribution in [3.05, 3.63) is 24.0 Å². The largest absolute Gasteiger partial charge is 0.495 e. The molecule has 1 atom stereocenters. The van der Waals surface area contributed by atoms with Gasteiger partial charge in [-0.05, 0) is 39.2 Å². The third-order valence-electron chi connectivity index (χ3n) is 2.42. The van der Waals surface area contributed by atoms with Gasteiger partial charge in [-0.1, -0.05) is 0 Å². The van der Waals surface area contributed by atoms with Crippen LogP contribution in [0.2, 0.25) is 0 Å². The van der Waals surface area contributed by atoms with Gasteiger partial charge in [0.1, 0.15) is 11.4 Å². The van der Waals surface area contributed by atoms with Crippen molar-refractivity contribution in [1.82, 2.24) is 15.3 Å². The fourth-order valence-electron chi connectivity index (χ4n) is 1.52. The van der Waals surface area contributed by atoms with Gasteiger partial charge in [-0.2, -0.15) is 0 Å². The van der Waals surface area contributed by atoms with Crippen molar-refractivity contribution in [3.63, 3.8) is 0 Å². The van der Waals surface area contributed by atoms with E-state index in [1.165, 1.54) is 0 Å². The molecular weight excluding hydrogens is 204 g/mol. The van der Waals surface area contributed by atoms with E-state index < -0.39 is 0 Å². The molecule has 0 saturated heterocycles. The molecule has 5 nitrogen and oxygen atoms in total. The van der Waals surface area contributed by atoms with E-state index in [9.17, 15) is 0 Å². The summed E-state index contributed by atoms with van der Waals surface area (Å²) in [5.74, 6) is 6.32. The van der Waals surface area contributed by atoms with Gasteiger partial charge in [0.2, 0.25) is 0 Å². The Bertz CT molecular complexity index is 317. The molecule has 16 heavy (non-hydrogen) atoms. The van der Waals surface area contributed by atoms with E-state index in [0.29, 0.717) is 0 Å².